The van der Waals surface area contributed by atoms with Crippen molar-refractivity contribution < 1.29 is 13.2 Å². The van der Waals surface area contributed by atoms with Crippen LogP contribution in [0.15, 0.2) is 18.2 Å². The monoisotopic (exact) mass is 322 g/mol. The Kier molecular flexibility index (Phi) is 5.32. The molecule has 0 aliphatic heterocycles. The zero-order valence-corrected chi connectivity index (χ0v) is 13.1. The molecule has 0 radical (unpaired) electrons. The molecule has 0 fully saturated rings. The normalized spacial score (nSPS) is 12.3. The van der Waals surface area contributed by atoms with Crippen LogP contribution in [0, 0.1) is 0 Å². The molecule has 0 unspecified atom stereocenters. The van der Waals surface area contributed by atoms with E-state index < -0.39 is 11.7 Å². The van der Waals surface area contributed by atoms with Crippen molar-refractivity contribution in [2.75, 3.05) is 18.1 Å². The molecule has 0 amide bonds. The first-order chi connectivity index (χ1) is 9.07. The second kappa shape index (κ2) is 6.22. The molecular formula is C13H17F3N2S2. The van der Waals surface area contributed by atoms with E-state index in [1.54, 1.807) is 11.8 Å². The summed E-state index contributed by atoms with van der Waals surface area (Å²) in [6, 6.07) is 3.74. The number of anilines is 1. The summed E-state index contributed by atoms with van der Waals surface area (Å²) in [6.07, 6.45) is -2.48. The third kappa shape index (κ3) is 4.56. The van der Waals surface area contributed by atoms with E-state index in [2.05, 4.69) is 5.32 Å². The van der Waals surface area contributed by atoms with Crippen LogP contribution in [0.4, 0.5) is 18.9 Å². The van der Waals surface area contributed by atoms with Gasteiger partial charge in [-0.15, -0.1) is 0 Å². The maximum atomic E-state index is 12.8. The Bertz CT molecular complexity index is 499. The Labute approximate surface area is 126 Å². The maximum absolute atomic E-state index is 12.8. The van der Waals surface area contributed by atoms with Gasteiger partial charge in [0.15, 0.2) is 0 Å². The Hall–Kier alpha value is -0.950. The maximum Gasteiger partial charge on any atom is 0.417 e. The van der Waals surface area contributed by atoms with E-state index in [1.165, 1.54) is 12.1 Å². The van der Waals surface area contributed by atoms with E-state index >= 15 is 0 Å². The highest BCUT2D eigenvalue weighted by Crippen LogP contribution is 2.33. The number of hydrogen-bond donors (Lipinski definition) is 2. The molecule has 0 aromatic heterocycles. The SMILES string of the molecule is CSC(C)(C)CNc1ccc(C(F)(F)F)c(C(N)=S)c1. The lowest BCUT2D eigenvalue weighted by atomic mass is 10.1. The van der Waals surface area contributed by atoms with E-state index in [0.29, 0.717) is 12.2 Å². The van der Waals surface area contributed by atoms with E-state index in [1.807, 2.05) is 20.1 Å². The second-order valence-corrected chi connectivity index (χ2v) is 6.89. The molecule has 2 nitrogen and oxygen atoms in total. The van der Waals surface area contributed by atoms with Crippen molar-refractivity contribution in [1.82, 2.24) is 0 Å². The van der Waals surface area contributed by atoms with Crippen LogP contribution in [0.25, 0.3) is 0 Å². The smallest absolute Gasteiger partial charge is 0.389 e. The average Bonchev–Trinajstić information content (AvgIpc) is 2.35. The van der Waals surface area contributed by atoms with Crippen molar-refractivity contribution in [2.24, 2.45) is 5.73 Å². The number of hydrogen-bond acceptors (Lipinski definition) is 3. The summed E-state index contributed by atoms with van der Waals surface area (Å²) in [5, 5.41) is 3.11. The second-order valence-electron chi connectivity index (χ2n) is 4.94. The molecule has 0 saturated carbocycles. The molecular weight excluding hydrogens is 305 g/mol. The van der Waals surface area contributed by atoms with Crippen LogP contribution in [0.1, 0.15) is 25.0 Å². The van der Waals surface area contributed by atoms with Crippen molar-refractivity contribution in [1.29, 1.82) is 0 Å². The third-order valence-corrected chi connectivity index (χ3v) is 4.33. The van der Waals surface area contributed by atoms with Gasteiger partial charge in [0.1, 0.15) is 4.99 Å². The van der Waals surface area contributed by atoms with Crippen LogP contribution in [-0.4, -0.2) is 22.5 Å². The molecule has 7 heteroatoms. The molecule has 0 aliphatic carbocycles. The van der Waals surface area contributed by atoms with Crippen LogP contribution < -0.4 is 11.1 Å². The zero-order valence-electron chi connectivity index (χ0n) is 11.5. The van der Waals surface area contributed by atoms with Crippen molar-refractivity contribution >= 4 is 34.7 Å². The molecule has 0 bridgehead atoms. The Morgan fingerprint density at radius 2 is 1.95 bits per heavy atom. The molecule has 1 aromatic rings. The average molecular weight is 322 g/mol. The molecule has 0 spiro atoms. The summed E-state index contributed by atoms with van der Waals surface area (Å²) in [4.78, 5) is -0.259. The fourth-order valence-electron chi connectivity index (χ4n) is 1.49. The van der Waals surface area contributed by atoms with Gasteiger partial charge in [0, 0.05) is 22.5 Å². The van der Waals surface area contributed by atoms with E-state index in [-0.39, 0.29) is 15.3 Å². The summed E-state index contributed by atoms with van der Waals surface area (Å²) in [6.45, 7) is 4.71. The summed E-state index contributed by atoms with van der Waals surface area (Å²) in [7, 11) is 0. The number of nitrogens with two attached hydrogens (primary N) is 1. The molecule has 3 N–H and O–H groups in total. The molecule has 0 saturated heterocycles. The topological polar surface area (TPSA) is 38.0 Å². The number of alkyl halides is 3. The van der Waals surface area contributed by atoms with Crippen molar-refractivity contribution in [2.45, 2.75) is 24.8 Å². The van der Waals surface area contributed by atoms with Gasteiger partial charge < -0.3 is 11.1 Å². The number of thioether (sulfide) groups is 1. The van der Waals surface area contributed by atoms with E-state index in [9.17, 15) is 13.2 Å². The minimum atomic E-state index is -4.46. The predicted molar refractivity (Wildman–Crippen MR) is 83.4 cm³/mol. The lowest BCUT2D eigenvalue weighted by molar-refractivity contribution is -0.137. The third-order valence-electron chi connectivity index (χ3n) is 2.86. The van der Waals surface area contributed by atoms with Crippen LogP contribution in [-0.2, 0) is 6.18 Å². The first kappa shape index (κ1) is 17.1. The fraction of sp³-hybridized carbons (Fsp3) is 0.462. The minimum Gasteiger partial charge on any atom is -0.389 e. The van der Waals surface area contributed by atoms with Gasteiger partial charge in [-0.2, -0.15) is 24.9 Å². The molecule has 1 aromatic carbocycles. The summed E-state index contributed by atoms with van der Waals surface area (Å²) < 4.78 is 38.5. The first-order valence-corrected chi connectivity index (χ1v) is 7.50. The highest BCUT2D eigenvalue weighted by Gasteiger charge is 2.34. The van der Waals surface area contributed by atoms with Crippen molar-refractivity contribution in [3.63, 3.8) is 0 Å². The van der Waals surface area contributed by atoms with Gasteiger partial charge in [-0.25, -0.2) is 0 Å². The summed E-state index contributed by atoms with van der Waals surface area (Å²) in [5.74, 6) is 0. The van der Waals surface area contributed by atoms with Gasteiger partial charge in [-0.3, -0.25) is 0 Å². The van der Waals surface area contributed by atoms with Crippen LogP contribution in [0.2, 0.25) is 0 Å². The molecule has 20 heavy (non-hydrogen) atoms. The summed E-state index contributed by atoms with van der Waals surface area (Å²) in [5.41, 5.74) is 5.00. The Balaban J connectivity index is 3.03. The van der Waals surface area contributed by atoms with Gasteiger partial charge >= 0.3 is 6.18 Å². The number of nitrogens with one attached hydrogen (secondary N) is 1. The van der Waals surface area contributed by atoms with E-state index in [0.717, 1.165) is 6.07 Å². The van der Waals surface area contributed by atoms with Gasteiger partial charge in [0.05, 0.1) is 5.56 Å². The number of thiocarbonyl (C=S) groups is 1. The van der Waals surface area contributed by atoms with Crippen molar-refractivity contribution in [3.8, 4) is 0 Å². The van der Waals surface area contributed by atoms with Crippen LogP contribution in [0.5, 0.6) is 0 Å². The molecule has 0 atom stereocenters. The van der Waals surface area contributed by atoms with Gasteiger partial charge in [-0.1, -0.05) is 12.2 Å². The van der Waals surface area contributed by atoms with Crippen LogP contribution in [0.3, 0.4) is 0 Å². The highest BCUT2D eigenvalue weighted by atomic mass is 32.2. The predicted octanol–water partition coefficient (Wildman–Crippen LogP) is 3.89. The zero-order chi connectivity index (χ0) is 15.6. The van der Waals surface area contributed by atoms with Gasteiger partial charge in [0.2, 0.25) is 0 Å². The standard InChI is InChI=1S/C13H17F3N2S2/c1-12(2,20-3)7-18-8-4-5-10(13(14,15)16)9(6-8)11(17)19/h4-6,18H,7H2,1-3H3,(H2,17,19). The van der Waals surface area contributed by atoms with E-state index in [4.69, 9.17) is 18.0 Å². The fourth-order valence-corrected chi connectivity index (χ4v) is 1.88. The van der Waals surface area contributed by atoms with Gasteiger partial charge in [0.25, 0.3) is 0 Å². The number of halogens is 3. The quantitative estimate of drug-likeness (QED) is 0.807. The number of rotatable bonds is 5. The summed E-state index contributed by atoms with van der Waals surface area (Å²) >= 11 is 6.38. The largest absolute Gasteiger partial charge is 0.417 e. The lowest BCUT2D eigenvalue weighted by Crippen LogP contribution is -2.26. The van der Waals surface area contributed by atoms with Crippen LogP contribution >= 0.6 is 24.0 Å². The van der Waals surface area contributed by atoms with Crippen molar-refractivity contribution in [3.05, 3.63) is 29.3 Å². The number of benzene rings is 1. The van der Waals surface area contributed by atoms with Gasteiger partial charge in [-0.05, 0) is 38.3 Å². The Morgan fingerprint density at radius 3 is 2.40 bits per heavy atom. The minimum absolute atomic E-state index is 0.0217. The molecule has 0 aliphatic rings. The first-order valence-electron chi connectivity index (χ1n) is 5.87. The molecule has 1 rings (SSSR count). The lowest BCUT2D eigenvalue weighted by Gasteiger charge is -2.23. The Morgan fingerprint density at radius 1 is 1.35 bits per heavy atom. The highest BCUT2D eigenvalue weighted by molar-refractivity contribution is 7.99. The molecule has 112 valence electrons. The molecule has 0 heterocycles.